The molecule has 0 saturated carbocycles. The van der Waals surface area contributed by atoms with E-state index < -0.39 is 0 Å². The van der Waals surface area contributed by atoms with Crippen molar-refractivity contribution in [2.24, 2.45) is 5.10 Å². The van der Waals surface area contributed by atoms with Gasteiger partial charge in [-0.15, -0.1) is 0 Å². The molecule has 0 aliphatic heterocycles. The van der Waals surface area contributed by atoms with Crippen LogP contribution in [0.2, 0.25) is 0 Å². The molecule has 0 bridgehead atoms. The molecule has 7 nitrogen and oxygen atoms in total. The summed E-state index contributed by atoms with van der Waals surface area (Å²) in [6.07, 6.45) is 2.69. The third-order valence-electron chi connectivity index (χ3n) is 4.03. The van der Waals surface area contributed by atoms with E-state index in [1.54, 1.807) is 6.07 Å². The molecule has 0 atom stereocenters. The zero-order valence-electron chi connectivity index (χ0n) is 15.0. The minimum atomic E-state index is -0.180. The topological polar surface area (TPSA) is 104 Å². The first-order valence-corrected chi connectivity index (χ1v) is 8.13. The van der Waals surface area contributed by atoms with Crippen molar-refractivity contribution in [3.8, 4) is 6.07 Å². The number of nitrogens with one attached hydrogen (secondary N) is 1. The molecule has 0 unspecified atom stereocenters. The van der Waals surface area contributed by atoms with Gasteiger partial charge in [-0.05, 0) is 37.1 Å². The number of hydrogen-bond donors (Lipinski definition) is 1. The van der Waals surface area contributed by atoms with Crippen LogP contribution >= 0.6 is 0 Å². The Morgan fingerprint density at radius 1 is 1.31 bits per heavy atom. The van der Waals surface area contributed by atoms with Crippen LogP contribution in [0.1, 0.15) is 48.0 Å². The van der Waals surface area contributed by atoms with Crippen molar-refractivity contribution < 1.29 is 8.83 Å². The van der Waals surface area contributed by atoms with E-state index >= 15 is 0 Å². The van der Waals surface area contributed by atoms with Crippen LogP contribution in [0.15, 0.2) is 37.1 Å². The van der Waals surface area contributed by atoms with Crippen molar-refractivity contribution in [2.75, 3.05) is 5.43 Å². The molecule has 7 heteroatoms. The number of anilines is 1. The van der Waals surface area contributed by atoms with Gasteiger partial charge in [-0.2, -0.15) is 10.4 Å². The van der Waals surface area contributed by atoms with Crippen LogP contribution in [0.3, 0.4) is 0 Å². The Morgan fingerprint density at radius 3 is 2.73 bits per heavy atom. The van der Waals surface area contributed by atoms with Crippen molar-refractivity contribution in [1.82, 2.24) is 4.98 Å². The lowest BCUT2D eigenvalue weighted by Crippen LogP contribution is -2.09. The molecule has 1 aromatic carbocycles. The van der Waals surface area contributed by atoms with Crippen LogP contribution in [-0.4, -0.2) is 11.2 Å². The van der Waals surface area contributed by atoms with E-state index in [0.29, 0.717) is 16.9 Å². The number of hydrogen-bond acceptors (Lipinski definition) is 7. The normalized spacial score (nSPS) is 11.4. The van der Waals surface area contributed by atoms with Crippen molar-refractivity contribution in [3.63, 3.8) is 0 Å². The van der Waals surface area contributed by atoms with Gasteiger partial charge in [0.1, 0.15) is 17.9 Å². The standard InChI is InChI=1S/C19H18N4O3/c1-10(2)18-22-15(7-20)19(26-18)23-21-8-13-9-25-16-6-12(4)11(3)5-14(16)17(13)24/h5-6,8-10,23H,1-4H3. The van der Waals surface area contributed by atoms with E-state index in [1.165, 1.54) is 12.5 Å². The SMILES string of the molecule is Cc1cc2occ(C=NNc3oc(C(C)C)nc3C#N)c(=O)c2cc1C. The number of hydrazone groups is 1. The van der Waals surface area contributed by atoms with Crippen molar-refractivity contribution in [1.29, 1.82) is 5.26 Å². The maximum absolute atomic E-state index is 12.6. The molecule has 0 aliphatic carbocycles. The molecule has 26 heavy (non-hydrogen) atoms. The number of benzene rings is 1. The van der Waals surface area contributed by atoms with E-state index in [2.05, 4.69) is 15.5 Å². The van der Waals surface area contributed by atoms with E-state index in [9.17, 15) is 4.79 Å². The number of nitriles is 1. The van der Waals surface area contributed by atoms with Gasteiger partial charge in [-0.3, -0.25) is 4.79 Å². The predicted octanol–water partition coefficient (Wildman–Crippen LogP) is 3.84. The number of aromatic nitrogens is 1. The largest absolute Gasteiger partial charge is 0.463 e. The highest BCUT2D eigenvalue weighted by molar-refractivity contribution is 5.87. The molecule has 3 rings (SSSR count). The maximum atomic E-state index is 12.6. The molecule has 0 radical (unpaired) electrons. The minimum Gasteiger partial charge on any atom is -0.463 e. The van der Waals surface area contributed by atoms with Crippen LogP contribution in [0.5, 0.6) is 0 Å². The number of rotatable bonds is 4. The molecule has 2 heterocycles. The summed E-state index contributed by atoms with van der Waals surface area (Å²) in [5.74, 6) is 0.625. The van der Waals surface area contributed by atoms with Crippen LogP contribution in [0, 0.1) is 25.2 Å². The summed E-state index contributed by atoms with van der Waals surface area (Å²) in [5.41, 5.74) is 5.44. The van der Waals surface area contributed by atoms with E-state index in [0.717, 1.165) is 11.1 Å². The molecule has 0 fully saturated rings. The maximum Gasteiger partial charge on any atom is 0.252 e. The minimum absolute atomic E-state index is 0.0425. The lowest BCUT2D eigenvalue weighted by atomic mass is 10.1. The fourth-order valence-electron chi connectivity index (χ4n) is 2.39. The van der Waals surface area contributed by atoms with Gasteiger partial charge in [0.2, 0.25) is 17.0 Å². The third-order valence-corrected chi connectivity index (χ3v) is 4.03. The average molecular weight is 350 g/mol. The summed E-state index contributed by atoms with van der Waals surface area (Å²) >= 11 is 0. The molecule has 0 spiro atoms. The average Bonchev–Trinajstić information content (AvgIpc) is 3.02. The Bertz CT molecular complexity index is 1100. The molecule has 3 aromatic rings. The summed E-state index contributed by atoms with van der Waals surface area (Å²) in [7, 11) is 0. The lowest BCUT2D eigenvalue weighted by molar-refractivity contribution is 0.481. The number of aryl methyl sites for hydroxylation is 2. The zero-order chi connectivity index (χ0) is 18.8. The smallest absolute Gasteiger partial charge is 0.252 e. The first kappa shape index (κ1) is 17.4. The number of oxazole rings is 1. The van der Waals surface area contributed by atoms with Crippen LogP contribution in [-0.2, 0) is 0 Å². The van der Waals surface area contributed by atoms with Crippen molar-refractivity contribution in [3.05, 3.63) is 56.9 Å². The quantitative estimate of drug-likeness (QED) is 0.566. The Hall–Kier alpha value is -3.40. The Balaban J connectivity index is 1.90. The first-order valence-electron chi connectivity index (χ1n) is 8.13. The molecular weight excluding hydrogens is 332 g/mol. The van der Waals surface area contributed by atoms with E-state index in [4.69, 9.17) is 14.1 Å². The summed E-state index contributed by atoms with van der Waals surface area (Å²) in [4.78, 5) is 16.7. The second kappa shape index (κ2) is 6.84. The van der Waals surface area contributed by atoms with Gasteiger partial charge in [0.15, 0.2) is 0 Å². The summed E-state index contributed by atoms with van der Waals surface area (Å²) in [6, 6.07) is 5.59. The molecule has 2 aromatic heterocycles. The monoisotopic (exact) mass is 350 g/mol. The van der Waals surface area contributed by atoms with Crippen molar-refractivity contribution in [2.45, 2.75) is 33.6 Å². The zero-order valence-corrected chi connectivity index (χ0v) is 15.0. The molecule has 0 saturated heterocycles. The summed E-state index contributed by atoms with van der Waals surface area (Å²) < 4.78 is 11.0. The highest BCUT2D eigenvalue weighted by Crippen LogP contribution is 2.22. The number of nitrogens with zero attached hydrogens (tertiary/aromatic N) is 3. The van der Waals surface area contributed by atoms with Crippen molar-refractivity contribution >= 4 is 23.1 Å². The second-order valence-electron chi connectivity index (χ2n) is 6.32. The Labute approximate surface area is 150 Å². The van der Waals surface area contributed by atoms with Gasteiger partial charge >= 0.3 is 0 Å². The van der Waals surface area contributed by atoms with E-state index in [-0.39, 0.29) is 28.5 Å². The molecule has 1 N–H and O–H groups in total. The van der Waals surface area contributed by atoms with Gasteiger partial charge in [-0.25, -0.2) is 10.4 Å². The Morgan fingerprint density at radius 2 is 2.04 bits per heavy atom. The van der Waals surface area contributed by atoms with Gasteiger partial charge in [0, 0.05) is 5.92 Å². The van der Waals surface area contributed by atoms with Crippen LogP contribution in [0.4, 0.5) is 5.88 Å². The van der Waals surface area contributed by atoms with Crippen LogP contribution < -0.4 is 10.9 Å². The third kappa shape index (κ3) is 3.22. The fraction of sp³-hybridized carbons (Fsp3) is 0.263. The van der Waals surface area contributed by atoms with Gasteiger partial charge < -0.3 is 8.83 Å². The van der Waals surface area contributed by atoms with E-state index in [1.807, 2.05) is 39.8 Å². The van der Waals surface area contributed by atoms with Gasteiger partial charge in [0.05, 0.1) is 17.2 Å². The summed E-state index contributed by atoms with van der Waals surface area (Å²) in [6.45, 7) is 7.72. The Kier molecular flexibility index (Phi) is 4.59. The van der Waals surface area contributed by atoms with Gasteiger partial charge in [0.25, 0.3) is 5.88 Å². The molecule has 132 valence electrons. The lowest BCUT2D eigenvalue weighted by Gasteiger charge is -2.03. The molecule has 0 amide bonds. The highest BCUT2D eigenvalue weighted by Gasteiger charge is 2.15. The summed E-state index contributed by atoms with van der Waals surface area (Å²) in [5, 5.41) is 13.6. The molecular formula is C19H18N4O3. The molecule has 0 aliphatic rings. The number of fused-ring (bicyclic) bond motifs is 1. The van der Waals surface area contributed by atoms with Crippen LogP contribution in [0.25, 0.3) is 11.0 Å². The second-order valence-corrected chi connectivity index (χ2v) is 6.32. The van der Waals surface area contributed by atoms with Gasteiger partial charge in [-0.1, -0.05) is 13.8 Å². The fourth-order valence-corrected chi connectivity index (χ4v) is 2.39. The predicted molar refractivity (Wildman–Crippen MR) is 98.5 cm³/mol. The highest BCUT2D eigenvalue weighted by atomic mass is 16.4. The first-order chi connectivity index (χ1) is 12.4.